The van der Waals surface area contributed by atoms with Crippen LogP contribution in [0.25, 0.3) is 0 Å². The van der Waals surface area contributed by atoms with E-state index in [1.807, 2.05) is 6.07 Å². The van der Waals surface area contributed by atoms with Crippen LogP contribution in [-0.2, 0) is 16.0 Å². The summed E-state index contributed by atoms with van der Waals surface area (Å²) in [5.74, 6) is -0.425. The highest BCUT2D eigenvalue weighted by molar-refractivity contribution is 6.30. The molecule has 2 aromatic carbocycles. The Bertz CT molecular complexity index is 788. The molecule has 1 saturated heterocycles. The van der Waals surface area contributed by atoms with Crippen LogP contribution in [0.2, 0.25) is 5.02 Å². The molecule has 1 aliphatic rings. The summed E-state index contributed by atoms with van der Waals surface area (Å²) in [6, 6.07) is 14.1. The summed E-state index contributed by atoms with van der Waals surface area (Å²) in [6.07, 6.45) is 2.24. The van der Waals surface area contributed by atoms with Crippen LogP contribution < -0.4 is 10.6 Å². The van der Waals surface area contributed by atoms with Gasteiger partial charge in [-0.15, -0.1) is 0 Å². The maximum Gasteiger partial charge on any atom is 0.253 e. The van der Waals surface area contributed by atoms with Gasteiger partial charge in [-0.1, -0.05) is 35.9 Å². The van der Waals surface area contributed by atoms with E-state index in [4.69, 9.17) is 16.3 Å². The molecular weight excluding hydrogens is 352 g/mol. The lowest BCUT2D eigenvalue weighted by Gasteiger charge is -2.14. The molecule has 0 aromatic heterocycles. The minimum absolute atomic E-state index is 0.0727. The Morgan fingerprint density at radius 2 is 2.00 bits per heavy atom. The van der Waals surface area contributed by atoms with Gasteiger partial charge >= 0.3 is 0 Å². The van der Waals surface area contributed by atoms with Crippen molar-refractivity contribution in [1.29, 1.82) is 0 Å². The molecule has 1 fully saturated rings. The van der Waals surface area contributed by atoms with Crippen molar-refractivity contribution in [2.75, 3.05) is 18.5 Å². The first-order valence-electron chi connectivity index (χ1n) is 8.65. The minimum atomic E-state index is -0.223. The van der Waals surface area contributed by atoms with Gasteiger partial charge in [-0.25, -0.2) is 0 Å². The molecule has 0 radical (unpaired) electrons. The van der Waals surface area contributed by atoms with Crippen LogP contribution >= 0.6 is 11.6 Å². The SMILES string of the molecule is O=C(Cc1cccc(Cl)c1)Nc1ccccc1C(=O)NC[C@@H]1CCCO1. The molecule has 1 heterocycles. The molecule has 6 heteroatoms. The first kappa shape index (κ1) is 18.4. The molecule has 26 heavy (non-hydrogen) atoms. The molecule has 2 amide bonds. The zero-order valence-electron chi connectivity index (χ0n) is 14.3. The van der Waals surface area contributed by atoms with Crippen molar-refractivity contribution in [2.24, 2.45) is 0 Å². The Morgan fingerprint density at radius 1 is 1.15 bits per heavy atom. The lowest BCUT2D eigenvalue weighted by atomic mass is 10.1. The number of para-hydroxylation sites is 1. The molecule has 0 aliphatic carbocycles. The predicted octanol–water partition coefficient (Wildman–Crippen LogP) is 3.43. The van der Waals surface area contributed by atoms with Crippen molar-refractivity contribution in [3.8, 4) is 0 Å². The van der Waals surface area contributed by atoms with Gasteiger partial charge in [0.15, 0.2) is 0 Å². The highest BCUT2D eigenvalue weighted by atomic mass is 35.5. The topological polar surface area (TPSA) is 67.4 Å². The molecule has 2 aromatic rings. The molecule has 5 nitrogen and oxygen atoms in total. The van der Waals surface area contributed by atoms with E-state index in [2.05, 4.69) is 10.6 Å². The van der Waals surface area contributed by atoms with E-state index in [-0.39, 0.29) is 24.3 Å². The van der Waals surface area contributed by atoms with Crippen LogP contribution in [-0.4, -0.2) is 31.1 Å². The van der Waals surface area contributed by atoms with Crippen LogP contribution in [0.1, 0.15) is 28.8 Å². The Labute approximate surface area is 157 Å². The van der Waals surface area contributed by atoms with Gasteiger partial charge in [0.05, 0.1) is 23.8 Å². The summed E-state index contributed by atoms with van der Waals surface area (Å²) in [7, 11) is 0. The van der Waals surface area contributed by atoms with Gasteiger partial charge in [0, 0.05) is 18.2 Å². The number of halogens is 1. The quantitative estimate of drug-likeness (QED) is 0.816. The Hall–Kier alpha value is -2.37. The fraction of sp³-hybridized carbons (Fsp3) is 0.300. The smallest absolute Gasteiger partial charge is 0.253 e. The average molecular weight is 373 g/mol. The number of rotatable bonds is 6. The zero-order valence-corrected chi connectivity index (χ0v) is 15.1. The van der Waals surface area contributed by atoms with E-state index in [9.17, 15) is 9.59 Å². The van der Waals surface area contributed by atoms with Crippen LogP contribution in [0.3, 0.4) is 0 Å². The van der Waals surface area contributed by atoms with Gasteiger partial charge in [-0.05, 0) is 42.7 Å². The van der Waals surface area contributed by atoms with Crippen LogP contribution in [0.5, 0.6) is 0 Å². The first-order valence-corrected chi connectivity index (χ1v) is 9.03. The Balaban J connectivity index is 1.62. The van der Waals surface area contributed by atoms with Crippen LogP contribution in [0.15, 0.2) is 48.5 Å². The molecule has 2 N–H and O–H groups in total. The van der Waals surface area contributed by atoms with Gasteiger partial charge in [-0.2, -0.15) is 0 Å². The molecule has 0 saturated carbocycles. The first-order chi connectivity index (χ1) is 12.6. The third kappa shape index (κ3) is 5.07. The number of nitrogens with one attached hydrogen (secondary N) is 2. The second kappa shape index (κ2) is 8.83. The average Bonchev–Trinajstić information content (AvgIpc) is 3.13. The van der Waals surface area contributed by atoms with Crippen molar-refractivity contribution >= 4 is 29.1 Å². The Kier molecular flexibility index (Phi) is 6.26. The van der Waals surface area contributed by atoms with E-state index in [0.717, 1.165) is 25.0 Å². The number of carbonyl (C=O) groups excluding carboxylic acids is 2. The number of hydrogen-bond donors (Lipinski definition) is 2. The Morgan fingerprint density at radius 3 is 2.77 bits per heavy atom. The summed E-state index contributed by atoms with van der Waals surface area (Å²) in [4.78, 5) is 24.8. The summed E-state index contributed by atoms with van der Waals surface area (Å²) < 4.78 is 5.51. The molecule has 1 atom stereocenters. The number of anilines is 1. The van der Waals surface area contributed by atoms with E-state index in [1.165, 1.54) is 0 Å². The summed E-state index contributed by atoms with van der Waals surface area (Å²) in [5.41, 5.74) is 1.74. The predicted molar refractivity (Wildman–Crippen MR) is 102 cm³/mol. The van der Waals surface area contributed by atoms with Gasteiger partial charge in [-0.3, -0.25) is 9.59 Å². The second-order valence-electron chi connectivity index (χ2n) is 6.25. The van der Waals surface area contributed by atoms with Gasteiger partial charge < -0.3 is 15.4 Å². The maximum absolute atomic E-state index is 12.5. The summed E-state index contributed by atoms with van der Waals surface area (Å²) >= 11 is 5.95. The third-order valence-electron chi connectivity index (χ3n) is 4.21. The van der Waals surface area contributed by atoms with Crippen molar-refractivity contribution in [1.82, 2.24) is 5.32 Å². The van der Waals surface area contributed by atoms with Crippen molar-refractivity contribution < 1.29 is 14.3 Å². The molecule has 0 spiro atoms. The third-order valence-corrected chi connectivity index (χ3v) is 4.45. The van der Waals surface area contributed by atoms with E-state index in [0.29, 0.717) is 22.8 Å². The number of carbonyl (C=O) groups is 2. The van der Waals surface area contributed by atoms with Crippen molar-refractivity contribution in [2.45, 2.75) is 25.4 Å². The number of benzene rings is 2. The molecule has 1 aliphatic heterocycles. The molecule has 0 unspecified atom stereocenters. The summed E-state index contributed by atoms with van der Waals surface area (Å²) in [6.45, 7) is 1.22. The normalized spacial score (nSPS) is 16.3. The zero-order chi connectivity index (χ0) is 18.4. The highest BCUT2D eigenvalue weighted by Gasteiger charge is 2.18. The summed E-state index contributed by atoms with van der Waals surface area (Å²) in [5, 5.41) is 6.28. The van der Waals surface area contributed by atoms with E-state index < -0.39 is 0 Å². The monoisotopic (exact) mass is 372 g/mol. The fourth-order valence-corrected chi connectivity index (χ4v) is 3.14. The fourth-order valence-electron chi connectivity index (χ4n) is 2.92. The minimum Gasteiger partial charge on any atom is -0.376 e. The van der Waals surface area contributed by atoms with E-state index in [1.54, 1.807) is 42.5 Å². The highest BCUT2D eigenvalue weighted by Crippen LogP contribution is 2.17. The molecular formula is C20H21ClN2O3. The van der Waals surface area contributed by atoms with Crippen LogP contribution in [0, 0.1) is 0 Å². The lowest BCUT2D eigenvalue weighted by molar-refractivity contribution is -0.115. The number of amides is 2. The molecule has 136 valence electrons. The van der Waals surface area contributed by atoms with Gasteiger partial charge in [0.2, 0.25) is 5.91 Å². The van der Waals surface area contributed by atoms with Gasteiger partial charge in [0.1, 0.15) is 0 Å². The standard InChI is InChI=1S/C20H21ClN2O3/c21-15-6-3-5-14(11-15)12-19(24)23-18-9-2-1-8-17(18)20(25)22-13-16-7-4-10-26-16/h1-3,5-6,8-9,11,16H,4,7,10,12-13H2,(H,22,25)(H,23,24)/t16-/m0/s1. The van der Waals surface area contributed by atoms with E-state index >= 15 is 0 Å². The maximum atomic E-state index is 12.5. The number of hydrogen-bond acceptors (Lipinski definition) is 3. The lowest BCUT2D eigenvalue weighted by Crippen LogP contribution is -2.32. The van der Waals surface area contributed by atoms with Crippen molar-refractivity contribution in [3.63, 3.8) is 0 Å². The van der Waals surface area contributed by atoms with Crippen LogP contribution in [0.4, 0.5) is 5.69 Å². The van der Waals surface area contributed by atoms with Gasteiger partial charge in [0.25, 0.3) is 5.91 Å². The molecule has 0 bridgehead atoms. The number of ether oxygens (including phenoxy) is 1. The van der Waals surface area contributed by atoms with Crippen molar-refractivity contribution in [3.05, 3.63) is 64.7 Å². The molecule has 3 rings (SSSR count). The largest absolute Gasteiger partial charge is 0.376 e. The second-order valence-corrected chi connectivity index (χ2v) is 6.68.